The van der Waals surface area contributed by atoms with Gasteiger partial charge in [-0.15, -0.1) is 0 Å². The van der Waals surface area contributed by atoms with Gasteiger partial charge in [0.2, 0.25) is 10.0 Å². The van der Waals surface area contributed by atoms with Crippen molar-refractivity contribution in [3.8, 4) is 11.5 Å². The third-order valence-electron chi connectivity index (χ3n) is 3.94. The fourth-order valence-electron chi connectivity index (χ4n) is 2.50. The molecule has 3 aromatic rings. The lowest BCUT2D eigenvalue weighted by Gasteiger charge is -2.24. The number of nitrogens with zero attached hydrogens (tertiary/aromatic N) is 2. The molecular weight excluding hydrogens is 384 g/mol. The first-order valence-electron chi connectivity index (χ1n) is 8.41. The van der Waals surface area contributed by atoms with E-state index in [0.717, 1.165) is 5.56 Å². The Bertz CT molecular complexity index is 993. The quantitative estimate of drug-likeness (QED) is 0.564. The number of aromatic nitrogens is 1. The highest BCUT2D eigenvalue weighted by Gasteiger charge is 2.21. The third-order valence-corrected chi connectivity index (χ3v) is 5.99. The lowest BCUT2D eigenvalue weighted by Crippen LogP contribution is -2.31. The normalized spacial score (nSPS) is 11.2. The van der Waals surface area contributed by atoms with Crippen molar-refractivity contribution in [1.29, 1.82) is 0 Å². The Morgan fingerprint density at radius 1 is 1.04 bits per heavy atom. The summed E-state index contributed by atoms with van der Waals surface area (Å²) in [6, 6.07) is 17.7. The lowest BCUT2D eigenvalue weighted by molar-refractivity contribution is 0.483. The maximum atomic E-state index is 12.6. The summed E-state index contributed by atoms with van der Waals surface area (Å²) in [6.45, 7) is 1.84. The second kappa shape index (κ2) is 8.41. The molecule has 0 radical (unpaired) electrons. The van der Waals surface area contributed by atoms with Crippen LogP contribution in [0.3, 0.4) is 0 Å². The van der Waals surface area contributed by atoms with Gasteiger partial charge in [-0.05, 0) is 55.0 Å². The van der Waals surface area contributed by atoms with Gasteiger partial charge in [-0.25, -0.2) is 8.42 Å². The molecule has 0 bridgehead atoms. The molecule has 27 heavy (non-hydrogen) atoms. The van der Waals surface area contributed by atoms with Crippen molar-refractivity contribution in [3.63, 3.8) is 0 Å². The maximum Gasteiger partial charge on any atom is 0.235 e. The number of pyridine rings is 1. The Labute approximate surface area is 164 Å². The number of ether oxygens (including phenoxy) is 1. The van der Waals surface area contributed by atoms with Crippen LogP contribution in [-0.2, 0) is 16.6 Å². The summed E-state index contributed by atoms with van der Waals surface area (Å²) in [5.74, 6) is 1.12. The highest BCUT2D eigenvalue weighted by atomic mass is 35.5. The van der Waals surface area contributed by atoms with Gasteiger partial charge in [-0.1, -0.05) is 29.8 Å². The molecular formula is C20H19ClN2O3S. The molecule has 140 valence electrons. The first-order chi connectivity index (χ1) is 13.0. The monoisotopic (exact) mass is 402 g/mol. The van der Waals surface area contributed by atoms with Crippen molar-refractivity contribution in [1.82, 2.24) is 4.98 Å². The minimum atomic E-state index is -3.45. The Morgan fingerprint density at radius 3 is 2.41 bits per heavy atom. The predicted molar refractivity (Wildman–Crippen MR) is 108 cm³/mol. The number of anilines is 1. The maximum absolute atomic E-state index is 12.6. The molecule has 0 aliphatic carbocycles. The first-order valence-corrected chi connectivity index (χ1v) is 10.4. The van der Waals surface area contributed by atoms with Crippen molar-refractivity contribution in [2.75, 3.05) is 10.1 Å². The average molecular weight is 403 g/mol. The highest BCUT2D eigenvalue weighted by molar-refractivity contribution is 7.92. The first kappa shape index (κ1) is 19.2. The van der Waals surface area contributed by atoms with E-state index < -0.39 is 10.0 Å². The minimum absolute atomic E-state index is 0.00510. The average Bonchev–Trinajstić information content (AvgIpc) is 2.69. The molecule has 0 saturated heterocycles. The molecule has 0 amide bonds. The summed E-state index contributed by atoms with van der Waals surface area (Å²) in [5, 5.41) is 0.508. The van der Waals surface area contributed by atoms with E-state index >= 15 is 0 Å². The van der Waals surface area contributed by atoms with Gasteiger partial charge in [-0.2, -0.15) is 0 Å². The number of para-hydroxylation sites is 1. The van der Waals surface area contributed by atoms with Crippen molar-refractivity contribution in [2.24, 2.45) is 0 Å². The molecule has 1 aromatic heterocycles. The smallest absolute Gasteiger partial charge is 0.235 e. The topological polar surface area (TPSA) is 59.5 Å². The molecule has 5 nitrogen and oxygen atoms in total. The second-order valence-electron chi connectivity index (χ2n) is 5.79. The van der Waals surface area contributed by atoms with Crippen LogP contribution in [0.5, 0.6) is 11.5 Å². The van der Waals surface area contributed by atoms with Crippen LogP contribution in [-0.4, -0.2) is 19.2 Å². The summed E-state index contributed by atoms with van der Waals surface area (Å²) in [6.07, 6.45) is 3.32. The molecule has 1 heterocycles. The number of halogens is 1. The summed E-state index contributed by atoms with van der Waals surface area (Å²) >= 11 is 6.11. The Balaban J connectivity index is 1.86. The molecule has 3 rings (SSSR count). The molecule has 0 unspecified atom stereocenters. The largest absolute Gasteiger partial charge is 0.456 e. The second-order valence-corrected chi connectivity index (χ2v) is 8.38. The van der Waals surface area contributed by atoms with Crippen molar-refractivity contribution >= 4 is 27.3 Å². The molecule has 0 aliphatic rings. The third kappa shape index (κ3) is 4.78. The van der Waals surface area contributed by atoms with Gasteiger partial charge in [0.25, 0.3) is 0 Å². The van der Waals surface area contributed by atoms with Crippen LogP contribution in [0.1, 0.15) is 12.5 Å². The molecule has 0 atom stereocenters. The fraction of sp³-hybridized carbons (Fsp3) is 0.150. The number of benzene rings is 2. The van der Waals surface area contributed by atoms with Crippen molar-refractivity contribution in [3.05, 3.63) is 83.6 Å². The van der Waals surface area contributed by atoms with Gasteiger partial charge < -0.3 is 4.74 Å². The SMILES string of the molecule is CCS(=O)(=O)N(Cc1cccnc1)c1ccc(Oc2ccccc2Cl)cc1. The van der Waals surface area contributed by atoms with E-state index in [1.54, 1.807) is 61.8 Å². The van der Waals surface area contributed by atoms with Gasteiger partial charge in [0.05, 0.1) is 23.0 Å². The standard InChI is InChI=1S/C20H19ClN2O3S/c1-2-27(24,25)23(15-16-6-5-13-22-14-16)17-9-11-18(12-10-17)26-20-8-4-3-7-19(20)21/h3-14H,2,15H2,1H3. The summed E-state index contributed by atoms with van der Waals surface area (Å²) < 4.78 is 32.3. The lowest BCUT2D eigenvalue weighted by atomic mass is 10.2. The summed E-state index contributed by atoms with van der Waals surface area (Å²) in [7, 11) is -3.45. The van der Waals surface area contributed by atoms with E-state index in [2.05, 4.69) is 4.98 Å². The summed E-state index contributed by atoms with van der Waals surface area (Å²) in [5.41, 5.74) is 1.37. The fourth-order valence-corrected chi connectivity index (χ4v) is 3.77. The van der Waals surface area contributed by atoms with Crippen LogP contribution in [0.4, 0.5) is 5.69 Å². The van der Waals surface area contributed by atoms with Crippen LogP contribution in [0.25, 0.3) is 0 Å². The molecule has 0 aliphatic heterocycles. The minimum Gasteiger partial charge on any atom is -0.456 e. The van der Waals surface area contributed by atoms with Gasteiger partial charge >= 0.3 is 0 Å². The van der Waals surface area contributed by atoms with Gasteiger partial charge in [-0.3, -0.25) is 9.29 Å². The van der Waals surface area contributed by atoms with Gasteiger partial charge in [0, 0.05) is 12.4 Å². The van der Waals surface area contributed by atoms with E-state index in [1.165, 1.54) is 4.31 Å². The number of hydrogen-bond acceptors (Lipinski definition) is 4. The molecule has 0 spiro atoms. The zero-order valence-electron chi connectivity index (χ0n) is 14.7. The van der Waals surface area contributed by atoms with E-state index in [9.17, 15) is 8.42 Å². The van der Waals surface area contributed by atoms with Gasteiger partial charge in [0.15, 0.2) is 0 Å². The molecule has 2 aromatic carbocycles. The number of sulfonamides is 1. The predicted octanol–water partition coefficient (Wildman–Crippen LogP) is 4.88. The molecule has 0 saturated carbocycles. The number of hydrogen-bond donors (Lipinski definition) is 0. The van der Waals surface area contributed by atoms with E-state index in [-0.39, 0.29) is 12.3 Å². The van der Waals surface area contributed by atoms with Crippen LogP contribution >= 0.6 is 11.6 Å². The van der Waals surface area contributed by atoms with Crippen LogP contribution in [0.2, 0.25) is 5.02 Å². The molecule has 0 N–H and O–H groups in total. The van der Waals surface area contributed by atoms with Gasteiger partial charge in [0.1, 0.15) is 11.5 Å². The Hall–Kier alpha value is -2.57. The van der Waals surface area contributed by atoms with Crippen LogP contribution < -0.4 is 9.04 Å². The number of rotatable bonds is 7. The Kier molecular flexibility index (Phi) is 5.98. The van der Waals surface area contributed by atoms with E-state index in [0.29, 0.717) is 22.2 Å². The van der Waals surface area contributed by atoms with Crippen LogP contribution in [0.15, 0.2) is 73.1 Å². The van der Waals surface area contributed by atoms with Crippen LogP contribution in [0, 0.1) is 0 Å². The van der Waals surface area contributed by atoms with E-state index in [4.69, 9.17) is 16.3 Å². The molecule has 7 heteroatoms. The summed E-state index contributed by atoms with van der Waals surface area (Å²) in [4.78, 5) is 4.05. The Morgan fingerprint density at radius 2 is 1.78 bits per heavy atom. The van der Waals surface area contributed by atoms with Crippen molar-refractivity contribution in [2.45, 2.75) is 13.5 Å². The van der Waals surface area contributed by atoms with Crippen molar-refractivity contribution < 1.29 is 13.2 Å². The zero-order chi connectivity index (χ0) is 19.3. The zero-order valence-corrected chi connectivity index (χ0v) is 16.3. The highest BCUT2D eigenvalue weighted by Crippen LogP contribution is 2.30. The molecule has 0 fully saturated rings. The van der Waals surface area contributed by atoms with E-state index in [1.807, 2.05) is 18.2 Å².